The van der Waals surface area contributed by atoms with Crippen LogP contribution in [0.25, 0.3) is 10.4 Å². The molecular weight excluding hydrogens is 262 g/mol. The molecule has 2 N–H and O–H groups in total. The number of ether oxygens (including phenoxy) is 2. The lowest BCUT2D eigenvalue weighted by molar-refractivity contribution is 0.0528. The molecule has 2 aromatic rings. The van der Waals surface area contributed by atoms with Crippen molar-refractivity contribution in [3.8, 4) is 16.2 Å². The second kappa shape index (κ2) is 5.75. The monoisotopic (exact) mass is 277 g/mol. The fraction of sp³-hybridized carbons (Fsp3) is 0.214. The molecule has 5 heteroatoms. The number of hydrogen-bond donors (Lipinski definition) is 1. The Morgan fingerprint density at radius 3 is 2.79 bits per heavy atom. The van der Waals surface area contributed by atoms with Crippen LogP contribution >= 0.6 is 11.3 Å². The lowest BCUT2D eigenvalue weighted by Crippen LogP contribution is -2.05. The zero-order valence-electron chi connectivity index (χ0n) is 10.8. The number of nitrogens with two attached hydrogens (primary N) is 1. The van der Waals surface area contributed by atoms with Crippen LogP contribution in [0.2, 0.25) is 0 Å². The predicted molar refractivity (Wildman–Crippen MR) is 76.7 cm³/mol. The lowest BCUT2D eigenvalue weighted by Gasteiger charge is -2.05. The highest BCUT2D eigenvalue weighted by molar-refractivity contribution is 7.19. The van der Waals surface area contributed by atoms with E-state index in [9.17, 15) is 4.79 Å². The Kier molecular flexibility index (Phi) is 4.06. The molecule has 0 saturated heterocycles. The second-order valence-corrected chi connectivity index (χ2v) is 4.89. The summed E-state index contributed by atoms with van der Waals surface area (Å²) in [5.74, 6) is 0.358. The number of hydrogen-bond acceptors (Lipinski definition) is 5. The summed E-state index contributed by atoms with van der Waals surface area (Å²) in [5.41, 5.74) is 7.20. The third kappa shape index (κ3) is 2.71. The van der Waals surface area contributed by atoms with Crippen molar-refractivity contribution in [3.05, 3.63) is 35.9 Å². The lowest BCUT2D eigenvalue weighted by atomic mass is 10.1. The number of nitrogen functional groups attached to an aromatic ring is 1. The molecule has 0 aliphatic rings. The molecule has 4 nitrogen and oxygen atoms in total. The number of benzene rings is 1. The van der Waals surface area contributed by atoms with E-state index in [1.54, 1.807) is 20.1 Å². The van der Waals surface area contributed by atoms with Crippen molar-refractivity contribution in [1.82, 2.24) is 0 Å². The Hall–Kier alpha value is -2.01. The molecular formula is C14H15NO3S. The summed E-state index contributed by atoms with van der Waals surface area (Å²) in [6.07, 6.45) is 0. The van der Waals surface area contributed by atoms with Gasteiger partial charge in [-0.3, -0.25) is 0 Å². The summed E-state index contributed by atoms with van der Waals surface area (Å²) >= 11 is 1.35. The Morgan fingerprint density at radius 2 is 2.11 bits per heavy atom. The molecule has 0 aliphatic carbocycles. The van der Waals surface area contributed by atoms with Crippen molar-refractivity contribution < 1.29 is 14.3 Å². The number of esters is 1. The topological polar surface area (TPSA) is 61.5 Å². The first-order valence-electron chi connectivity index (χ1n) is 5.87. The van der Waals surface area contributed by atoms with Crippen LogP contribution in [-0.2, 0) is 4.74 Å². The van der Waals surface area contributed by atoms with Gasteiger partial charge in [-0.25, -0.2) is 4.79 Å². The standard InChI is InChI=1S/C14H15NO3S/c1-3-18-14(16)10-8-12(19-13(10)15)9-6-4-5-7-11(9)17-2/h4-8H,3,15H2,1-2H3. The summed E-state index contributed by atoms with van der Waals surface area (Å²) in [6, 6.07) is 9.35. The minimum atomic E-state index is -0.391. The highest BCUT2D eigenvalue weighted by Crippen LogP contribution is 2.38. The first-order chi connectivity index (χ1) is 9.17. The molecule has 1 aromatic heterocycles. The van der Waals surface area contributed by atoms with E-state index in [0.29, 0.717) is 17.2 Å². The minimum Gasteiger partial charge on any atom is -0.496 e. The number of anilines is 1. The van der Waals surface area contributed by atoms with E-state index in [0.717, 1.165) is 16.2 Å². The molecule has 2 rings (SSSR count). The fourth-order valence-electron chi connectivity index (χ4n) is 1.75. The van der Waals surface area contributed by atoms with E-state index in [1.807, 2.05) is 24.3 Å². The second-order valence-electron chi connectivity index (χ2n) is 3.81. The van der Waals surface area contributed by atoms with Crippen molar-refractivity contribution in [2.45, 2.75) is 6.92 Å². The van der Waals surface area contributed by atoms with E-state index in [2.05, 4.69) is 0 Å². The zero-order chi connectivity index (χ0) is 13.8. The van der Waals surface area contributed by atoms with Gasteiger partial charge in [0.05, 0.1) is 19.3 Å². The summed E-state index contributed by atoms with van der Waals surface area (Å²) in [5, 5.41) is 0.458. The van der Waals surface area contributed by atoms with Gasteiger partial charge in [-0.2, -0.15) is 0 Å². The van der Waals surface area contributed by atoms with Gasteiger partial charge in [-0.1, -0.05) is 12.1 Å². The minimum absolute atomic E-state index is 0.331. The van der Waals surface area contributed by atoms with Crippen molar-refractivity contribution in [2.75, 3.05) is 19.5 Å². The van der Waals surface area contributed by atoms with Gasteiger partial charge in [0.15, 0.2) is 0 Å². The maximum Gasteiger partial charge on any atom is 0.341 e. The van der Waals surface area contributed by atoms with Crippen LogP contribution in [0.15, 0.2) is 30.3 Å². The number of thiophene rings is 1. The number of carbonyl (C=O) groups is 1. The van der Waals surface area contributed by atoms with Crippen molar-refractivity contribution >= 4 is 22.3 Å². The van der Waals surface area contributed by atoms with E-state index in [-0.39, 0.29) is 0 Å². The van der Waals surface area contributed by atoms with Gasteiger partial charge in [0.1, 0.15) is 10.8 Å². The molecule has 0 fully saturated rings. The molecule has 100 valence electrons. The van der Waals surface area contributed by atoms with Crippen LogP contribution in [0.3, 0.4) is 0 Å². The third-order valence-electron chi connectivity index (χ3n) is 2.63. The summed E-state index contributed by atoms with van der Waals surface area (Å²) in [7, 11) is 1.61. The van der Waals surface area contributed by atoms with E-state index in [4.69, 9.17) is 15.2 Å². The molecule has 0 spiro atoms. The molecule has 0 atom stereocenters. The fourth-order valence-corrected chi connectivity index (χ4v) is 2.70. The highest BCUT2D eigenvalue weighted by atomic mass is 32.1. The summed E-state index contributed by atoms with van der Waals surface area (Å²) in [6.45, 7) is 2.10. The molecule has 1 aromatic carbocycles. The molecule has 0 saturated carbocycles. The first kappa shape index (κ1) is 13.4. The largest absolute Gasteiger partial charge is 0.496 e. The number of rotatable bonds is 4. The van der Waals surface area contributed by atoms with Crippen LogP contribution < -0.4 is 10.5 Å². The average Bonchev–Trinajstić information content (AvgIpc) is 2.81. The van der Waals surface area contributed by atoms with Gasteiger partial charge in [0.25, 0.3) is 0 Å². The Morgan fingerprint density at radius 1 is 1.37 bits per heavy atom. The molecule has 1 heterocycles. The molecule has 0 radical (unpaired) electrons. The molecule has 19 heavy (non-hydrogen) atoms. The van der Waals surface area contributed by atoms with Gasteiger partial charge in [0.2, 0.25) is 0 Å². The van der Waals surface area contributed by atoms with E-state index >= 15 is 0 Å². The van der Waals surface area contributed by atoms with E-state index < -0.39 is 5.97 Å². The SMILES string of the molecule is CCOC(=O)c1cc(-c2ccccc2OC)sc1N. The zero-order valence-corrected chi connectivity index (χ0v) is 11.6. The molecule has 0 bridgehead atoms. The first-order valence-corrected chi connectivity index (χ1v) is 6.68. The molecule has 0 unspecified atom stereocenters. The quantitative estimate of drug-likeness (QED) is 0.872. The van der Waals surface area contributed by atoms with Crippen LogP contribution in [0.1, 0.15) is 17.3 Å². The van der Waals surface area contributed by atoms with E-state index in [1.165, 1.54) is 11.3 Å². The Labute approximate surface area is 115 Å². The van der Waals surface area contributed by atoms with Gasteiger partial charge >= 0.3 is 5.97 Å². The third-order valence-corrected chi connectivity index (χ3v) is 3.63. The highest BCUT2D eigenvalue weighted by Gasteiger charge is 2.17. The number of carbonyl (C=O) groups excluding carboxylic acids is 1. The molecule has 0 amide bonds. The van der Waals surface area contributed by atoms with Crippen LogP contribution in [0, 0.1) is 0 Å². The Bertz CT molecular complexity index is 592. The summed E-state index contributed by atoms with van der Waals surface area (Å²) in [4.78, 5) is 12.6. The van der Waals surface area contributed by atoms with Crippen molar-refractivity contribution in [3.63, 3.8) is 0 Å². The van der Waals surface area contributed by atoms with Gasteiger partial charge in [0, 0.05) is 10.4 Å². The molecule has 0 aliphatic heterocycles. The smallest absolute Gasteiger partial charge is 0.341 e. The average molecular weight is 277 g/mol. The van der Waals surface area contributed by atoms with Gasteiger partial charge in [-0.15, -0.1) is 11.3 Å². The number of methoxy groups -OCH3 is 1. The van der Waals surface area contributed by atoms with Gasteiger partial charge < -0.3 is 15.2 Å². The maximum atomic E-state index is 11.7. The van der Waals surface area contributed by atoms with Crippen LogP contribution in [0.4, 0.5) is 5.00 Å². The normalized spacial score (nSPS) is 10.2. The van der Waals surface area contributed by atoms with Gasteiger partial charge in [-0.05, 0) is 25.1 Å². The summed E-state index contributed by atoms with van der Waals surface area (Å²) < 4.78 is 10.3. The Balaban J connectivity index is 2.42. The predicted octanol–water partition coefficient (Wildman–Crippen LogP) is 3.18. The van der Waals surface area contributed by atoms with Crippen LogP contribution in [-0.4, -0.2) is 19.7 Å². The van der Waals surface area contributed by atoms with Crippen molar-refractivity contribution in [1.29, 1.82) is 0 Å². The maximum absolute atomic E-state index is 11.7. The number of para-hydroxylation sites is 1. The van der Waals surface area contributed by atoms with Crippen molar-refractivity contribution in [2.24, 2.45) is 0 Å². The van der Waals surface area contributed by atoms with Crippen LogP contribution in [0.5, 0.6) is 5.75 Å².